The number of carbonyl (C=O) groups excluding carboxylic acids is 1. The van der Waals surface area contributed by atoms with Crippen LogP contribution in [0, 0.1) is 0 Å². The number of benzene rings is 1. The van der Waals surface area contributed by atoms with Crippen LogP contribution in [0.1, 0.15) is 44.5 Å². The summed E-state index contributed by atoms with van der Waals surface area (Å²) in [5, 5.41) is 0.539. The van der Waals surface area contributed by atoms with E-state index in [4.69, 9.17) is 11.6 Å². The van der Waals surface area contributed by atoms with Crippen LogP contribution >= 0.6 is 11.6 Å². The van der Waals surface area contributed by atoms with Gasteiger partial charge >= 0.3 is 0 Å². The van der Waals surface area contributed by atoms with Gasteiger partial charge in [0.05, 0.1) is 5.02 Å². The Balaban J connectivity index is 3.06. The Hall–Kier alpha value is -1.02. The van der Waals surface area contributed by atoms with E-state index in [1.54, 1.807) is 0 Å². The summed E-state index contributed by atoms with van der Waals surface area (Å²) in [4.78, 5) is 13.6. The lowest BCUT2D eigenvalue weighted by atomic mass is 10.1. The average Bonchev–Trinajstić information content (AvgIpc) is 2.24. The third-order valence-electron chi connectivity index (χ3n) is 2.75. The van der Waals surface area contributed by atoms with E-state index in [-0.39, 0.29) is 5.78 Å². The molecule has 0 aliphatic carbocycles. The van der Waals surface area contributed by atoms with Crippen LogP contribution in [0.15, 0.2) is 18.2 Å². The van der Waals surface area contributed by atoms with Crippen molar-refractivity contribution in [3.63, 3.8) is 0 Å². The van der Waals surface area contributed by atoms with Crippen LogP contribution in [0.5, 0.6) is 0 Å². The fourth-order valence-electron chi connectivity index (χ4n) is 1.89. The fourth-order valence-corrected chi connectivity index (χ4v) is 2.20. The van der Waals surface area contributed by atoms with Gasteiger partial charge in [0.1, 0.15) is 0 Å². The third kappa shape index (κ3) is 3.47. The van der Waals surface area contributed by atoms with Crippen molar-refractivity contribution in [3.05, 3.63) is 28.8 Å². The lowest BCUT2D eigenvalue weighted by molar-refractivity contribution is 0.101. The molecule has 0 fully saturated rings. The Labute approximate surface area is 109 Å². The lowest BCUT2D eigenvalue weighted by Gasteiger charge is -2.29. The van der Waals surface area contributed by atoms with Gasteiger partial charge in [-0.3, -0.25) is 4.79 Å². The molecule has 0 aliphatic rings. The van der Waals surface area contributed by atoms with Crippen LogP contribution in [0.2, 0.25) is 5.02 Å². The van der Waals surface area contributed by atoms with Crippen LogP contribution in [-0.2, 0) is 0 Å². The summed E-state index contributed by atoms with van der Waals surface area (Å²) in [6.45, 7) is 8.99. The number of nitrogens with zero attached hydrogens (tertiary/aromatic N) is 1. The molecule has 0 radical (unpaired) electrons. The summed E-state index contributed by atoms with van der Waals surface area (Å²) in [6.07, 6.45) is 1.09. The molecule has 1 aromatic carbocycles. The first-order valence-electron chi connectivity index (χ1n) is 6.04. The molecule has 17 heavy (non-hydrogen) atoms. The third-order valence-corrected chi connectivity index (χ3v) is 3.06. The number of halogens is 1. The van der Waals surface area contributed by atoms with E-state index in [2.05, 4.69) is 25.7 Å². The number of anilines is 1. The van der Waals surface area contributed by atoms with Gasteiger partial charge in [-0.2, -0.15) is 0 Å². The van der Waals surface area contributed by atoms with Crippen LogP contribution in [-0.4, -0.2) is 18.4 Å². The summed E-state index contributed by atoms with van der Waals surface area (Å²) in [5.41, 5.74) is 1.67. The summed E-state index contributed by atoms with van der Waals surface area (Å²) in [7, 11) is 0. The zero-order chi connectivity index (χ0) is 13.0. The second-order valence-electron chi connectivity index (χ2n) is 4.51. The second-order valence-corrected chi connectivity index (χ2v) is 4.91. The minimum absolute atomic E-state index is 0.00754. The lowest BCUT2D eigenvalue weighted by Crippen LogP contribution is -2.31. The Morgan fingerprint density at radius 2 is 2.06 bits per heavy atom. The molecule has 0 N–H and O–H groups in total. The van der Waals surface area contributed by atoms with Gasteiger partial charge in [0.25, 0.3) is 0 Å². The minimum atomic E-state index is 0.00754. The second kappa shape index (κ2) is 6.06. The molecule has 0 heterocycles. The molecule has 0 amide bonds. The van der Waals surface area contributed by atoms with E-state index >= 15 is 0 Å². The van der Waals surface area contributed by atoms with Crippen molar-refractivity contribution < 1.29 is 4.79 Å². The molecular formula is C14H20ClNO. The molecule has 0 spiro atoms. The van der Waals surface area contributed by atoms with Gasteiger partial charge in [0, 0.05) is 23.8 Å². The monoisotopic (exact) mass is 253 g/mol. The number of rotatable bonds is 5. The fraction of sp³-hybridized carbons (Fsp3) is 0.500. The van der Waals surface area contributed by atoms with E-state index < -0.39 is 0 Å². The maximum absolute atomic E-state index is 11.3. The molecular weight excluding hydrogens is 234 g/mol. The van der Waals surface area contributed by atoms with Gasteiger partial charge in [-0.1, -0.05) is 18.5 Å². The molecule has 1 rings (SSSR count). The average molecular weight is 254 g/mol. The van der Waals surface area contributed by atoms with E-state index in [9.17, 15) is 4.79 Å². The highest BCUT2D eigenvalue weighted by Crippen LogP contribution is 2.25. The molecule has 0 aromatic heterocycles. The summed E-state index contributed by atoms with van der Waals surface area (Å²) >= 11 is 6.13. The summed E-state index contributed by atoms with van der Waals surface area (Å²) in [5.74, 6) is 0.00754. The Kier molecular flexibility index (Phi) is 5.01. The van der Waals surface area contributed by atoms with Gasteiger partial charge in [-0.05, 0) is 45.4 Å². The Morgan fingerprint density at radius 1 is 1.41 bits per heavy atom. The van der Waals surface area contributed by atoms with E-state index in [0.29, 0.717) is 16.6 Å². The zero-order valence-corrected chi connectivity index (χ0v) is 11.7. The van der Waals surface area contributed by atoms with Gasteiger partial charge in [-0.25, -0.2) is 0 Å². The van der Waals surface area contributed by atoms with E-state index in [0.717, 1.165) is 18.7 Å². The predicted molar refractivity (Wildman–Crippen MR) is 74.2 cm³/mol. The number of hydrogen-bond acceptors (Lipinski definition) is 2. The molecule has 0 unspecified atom stereocenters. The highest BCUT2D eigenvalue weighted by Gasteiger charge is 2.12. The summed E-state index contributed by atoms with van der Waals surface area (Å²) < 4.78 is 0. The van der Waals surface area contributed by atoms with Crippen molar-refractivity contribution in [2.75, 3.05) is 11.4 Å². The van der Waals surface area contributed by atoms with Crippen LogP contribution in [0.25, 0.3) is 0 Å². The van der Waals surface area contributed by atoms with Crippen LogP contribution in [0.3, 0.4) is 0 Å². The molecule has 1 aromatic rings. The standard InChI is InChI=1S/C14H20ClNO/c1-5-8-16(10(2)3)12-6-7-13(11(4)17)14(15)9-12/h6-7,9-10H,5,8H2,1-4H3. The molecule has 0 atom stereocenters. The topological polar surface area (TPSA) is 20.3 Å². The normalized spacial score (nSPS) is 10.7. The maximum Gasteiger partial charge on any atom is 0.161 e. The highest BCUT2D eigenvalue weighted by molar-refractivity contribution is 6.34. The number of Topliss-reactive ketones (excluding diaryl/α,β-unsaturated/α-hetero) is 1. The molecule has 94 valence electrons. The zero-order valence-electron chi connectivity index (χ0n) is 11.0. The first kappa shape index (κ1) is 14.0. The van der Waals surface area contributed by atoms with Crippen molar-refractivity contribution in [2.24, 2.45) is 0 Å². The van der Waals surface area contributed by atoms with Crippen molar-refractivity contribution in [3.8, 4) is 0 Å². The van der Waals surface area contributed by atoms with Gasteiger partial charge < -0.3 is 4.90 Å². The van der Waals surface area contributed by atoms with Crippen molar-refractivity contribution in [1.82, 2.24) is 0 Å². The van der Waals surface area contributed by atoms with Crippen LogP contribution < -0.4 is 4.90 Å². The van der Waals surface area contributed by atoms with Crippen molar-refractivity contribution in [1.29, 1.82) is 0 Å². The van der Waals surface area contributed by atoms with Gasteiger partial charge in [0.2, 0.25) is 0 Å². The predicted octanol–water partition coefficient (Wildman–Crippen LogP) is 4.17. The van der Waals surface area contributed by atoms with Crippen molar-refractivity contribution >= 4 is 23.1 Å². The van der Waals surface area contributed by atoms with Gasteiger partial charge in [-0.15, -0.1) is 0 Å². The first-order chi connectivity index (χ1) is 7.97. The van der Waals surface area contributed by atoms with E-state index in [1.807, 2.05) is 18.2 Å². The van der Waals surface area contributed by atoms with Crippen molar-refractivity contribution in [2.45, 2.75) is 40.2 Å². The quantitative estimate of drug-likeness (QED) is 0.734. The molecule has 0 saturated heterocycles. The Bertz CT molecular complexity index is 401. The molecule has 0 aliphatic heterocycles. The van der Waals surface area contributed by atoms with Crippen LogP contribution in [0.4, 0.5) is 5.69 Å². The smallest absolute Gasteiger partial charge is 0.161 e. The minimum Gasteiger partial charge on any atom is -0.369 e. The number of carbonyl (C=O) groups is 1. The van der Waals surface area contributed by atoms with E-state index in [1.165, 1.54) is 6.92 Å². The number of hydrogen-bond donors (Lipinski definition) is 0. The molecule has 2 nitrogen and oxygen atoms in total. The highest BCUT2D eigenvalue weighted by atomic mass is 35.5. The molecule has 0 bridgehead atoms. The molecule has 0 saturated carbocycles. The maximum atomic E-state index is 11.3. The summed E-state index contributed by atoms with van der Waals surface area (Å²) in [6, 6.07) is 6.09. The largest absolute Gasteiger partial charge is 0.369 e. The van der Waals surface area contributed by atoms with Gasteiger partial charge in [0.15, 0.2) is 5.78 Å². The SMILES string of the molecule is CCCN(c1ccc(C(C)=O)c(Cl)c1)C(C)C. The molecule has 3 heteroatoms. The number of ketones is 1. The Morgan fingerprint density at radius 3 is 2.47 bits per heavy atom. The first-order valence-corrected chi connectivity index (χ1v) is 6.42.